The minimum atomic E-state index is -0.174. The molecule has 94 valence electrons. The van der Waals surface area contributed by atoms with Crippen LogP contribution >= 0.6 is 27.3 Å². The quantitative estimate of drug-likeness (QED) is 0.942. The summed E-state index contributed by atoms with van der Waals surface area (Å²) in [6.07, 6.45) is 1.64. The van der Waals surface area contributed by atoms with Crippen LogP contribution in [0.5, 0.6) is 0 Å². The fourth-order valence-electron chi connectivity index (χ4n) is 1.48. The minimum absolute atomic E-state index is 0.0747. The van der Waals surface area contributed by atoms with Crippen LogP contribution in [0.3, 0.4) is 0 Å². The van der Waals surface area contributed by atoms with Gasteiger partial charge in [0.1, 0.15) is 0 Å². The molecule has 0 saturated heterocycles. The van der Waals surface area contributed by atoms with E-state index in [1.54, 1.807) is 22.9 Å². The van der Waals surface area contributed by atoms with Gasteiger partial charge in [-0.1, -0.05) is 0 Å². The van der Waals surface area contributed by atoms with Crippen LogP contribution in [0.4, 0.5) is 5.69 Å². The molecule has 1 N–H and O–H groups in total. The molecule has 2 aromatic heterocycles. The zero-order valence-corrected chi connectivity index (χ0v) is 12.0. The molecule has 0 aliphatic carbocycles. The van der Waals surface area contributed by atoms with E-state index in [0.717, 1.165) is 3.79 Å². The zero-order chi connectivity index (χ0) is 13.1. The van der Waals surface area contributed by atoms with Gasteiger partial charge >= 0.3 is 0 Å². The molecule has 0 aromatic carbocycles. The van der Waals surface area contributed by atoms with Gasteiger partial charge < -0.3 is 9.88 Å². The number of hydrogen-bond acceptors (Lipinski definition) is 3. The van der Waals surface area contributed by atoms with Crippen molar-refractivity contribution >= 4 is 38.9 Å². The monoisotopic (exact) mass is 326 g/mol. The van der Waals surface area contributed by atoms with E-state index in [1.165, 1.54) is 17.4 Å². The van der Waals surface area contributed by atoms with Gasteiger partial charge in [-0.05, 0) is 41.1 Å². The standard InChI is InChI=1S/C12H11BrN2O2S/c1-2-15-7-8(3-6-11(15)16)14-12(17)9-4-5-10(13)18-9/h3-7H,2H2,1H3,(H,14,17). The van der Waals surface area contributed by atoms with Crippen LogP contribution in [0.15, 0.2) is 39.0 Å². The van der Waals surface area contributed by atoms with Crippen molar-refractivity contribution in [2.75, 3.05) is 5.32 Å². The van der Waals surface area contributed by atoms with Crippen LogP contribution in [0.2, 0.25) is 0 Å². The predicted octanol–water partition coefficient (Wildman–Crippen LogP) is 2.94. The Morgan fingerprint density at radius 2 is 2.17 bits per heavy atom. The van der Waals surface area contributed by atoms with Crippen LogP contribution in [0.1, 0.15) is 16.6 Å². The summed E-state index contributed by atoms with van der Waals surface area (Å²) in [4.78, 5) is 23.9. The number of hydrogen-bond donors (Lipinski definition) is 1. The number of aromatic nitrogens is 1. The van der Waals surface area contributed by atoms with Crippen molar-refractivity contribution in [3.05, 3.63) is 49.5 Å². The number of aryl methyl sites for hydroxylation is 1. The van der Waals surface area contributed by atoms with Gasteiger partial charge in [0.15, 0.2) is 0 Å². The van der Waals surface area contributed by atoms with E-state index in [2.05, 4.69) is 21.2 Å². The lowest BCUT2D eigenvalue weighted by atomic mass is 10.3. The van der Waals surface area contributed by atoms with Crippen molar-refractivity contribution < 1.29 is 4.79 Å². The van der Waals surface area contributed by atoms with Crippen molar-refractivity contribution in [1.82, 2.24) is 4.57 Å². The van der Waals surface area contributed by atoms with Gasteiger partial charge in [-0.25, -0.2) is 0 Å². The molecule has 0 aliphatic rings. The predicted molar refractivity (Wildman–Crippen MR) is 76.3 cm³/mol. The van der Waals surface area contributed by atoms with E-state index in [1.807, 2.05) is 13.0 Å². The SMILES string of the molecule is CCn1cc(NC(=O)c2ccc(Br)s2)ccc1=O. The van der Waals surface area contributed by atoms with Crippen molar-refractivity contribution in [1.29, 1.82) is 0 Å². The second-order valence-electron chi connectivity index (χ2n) is 3.60. The van der Waals surface area contributed by atoms with E-state index in [4.69, 9.17) is 0 Å². The number of anilines is 1. The summed E-state index contributed by atoms with van der Waals surface area (Å²) in [5.41, 5.74) is 0.542. The molecule has 0 bridgehead atoms. The van der Waals surface area contributed by atoms with E-state index in [9.17, 15) is 9.59 Å². The number of amides is 1. The number of carbonyl (C=O) groups excluding carboxylic acids is 1. The molecule has 1 amide bonds. The molecular formula is C12H11BrN2O2S. The molecule has 0 radical (unpaired) electrons. The van der Waals surface area contributed by atoms with Gasteiger partial charge in [-0.3, -0.25) is 9.59 Å². The number of halogens is 1. The smallest absolute Gasteiger partial charge is 0.265 e. The number of nitrogens with zero attached hydrogens (tertiary/aromatic N) is 1. The Bertz CT molecular complexity index is 633. The van der Waals surface area contributed by atoms with Crippen LogP contribution in [0.25, 0.3) is 0 Å². The Hall–Kier alpha value is -1.40. The summed E-state index contributed by atoms with van der Waals surface area (Å²) < 4.78 is 2.45. The van der Waals surface area contributed by atoms with Gasteiger partial charge in [-0.2, -0.15) is 0 Å². The number of nitrogens with one attached hydrogen (secondary N) is 1. The summed E-state index contributed by atoms with van der Waals surface area (Å²) in [5.74, 6) is -0.174. The maximum Gasteiger partial charge on any atom is 0.265 e. The van der Waals surface area contributed by atoms with Crippen LogP contribution < -0.4 is 10.9 Å². The number of pyridine rings is 1. The first kappa shape index (κ1) is 13.0. The zero-order valence-electron chi connectivity index (χ0n) is 9.64. The second-order valence-corrected chi connectivity index (χ2v) is 6.06. The van der Waals surface area contributed by atoms with E-state index < -0.39 is 0 Å². The molecule has 4 nitrogen and oxygen atoms in total. The fraction of sp³-hybridized carbons (Fsp3) is 0.167. The lowest BCUT2D eigenvalue weighted by molar-refractivity contribution is 0.103. The third-order valence-corrected chi connectivity index (χ3v) is 4.00. The summed E-state index contributed by atoms with van der Waals surface area (Å²) in [5, 5.41) is 2.76. The Balaban J connectivity index is 2.19. The Kier molecular flexibility index (Phi) is 3.98. The largest absolute Gasteiger partial charge is 0.320 e. The Labute approximate surface area is 116 Å². The van der Waals surface area contributed by atoms with Crippen LogP contribution in [0, 0.1) is 0 Å². The van der Waals surface area contributed by atoms with Crippen molar-refractivity contribution in [3.63, 3.8) is 0 Å². The molecule has 0 spiro atoms. The minimum Gasteiger partial charge on any atom is -0.320 e. The highest BCUT2D eigenvalue weighted by molar-refractivity contribution is 9.11. The van der Waals surface area contributed by atoms with E-state index in [0.29, 0.717) is 17.1 Å². The molecule has 6 heteroatoms. The topological polar surface area (TPSA) is 51.1 Å². The highest BCUT2D eigenvalue weighted by Gasteiger charge is 2.09. The maximum absolute atomic E-state index is 11.9. The molecule has 2 aromatic rings. The normalized spacial score (nSPS) is 10.3. The first-order chi connectivity index (χ1) is 8.60. The van der Waals surface area contributed by atoms with Crippen LogP contribution in [-0.2, 0) is 6.54 Å². The lowest BCUT2D eigenvalue weighted by Gasteiger charge is -2.06. The average molecular weight is 327 g/mol. The molecular weight excluding hydrogens is 316 g/mol. The summed E-state index contributed by atoms with van der Waals surface area (Å²) in [6.45, 7) is 2.45. The number of carbonyl (C=O) groups is 1. The summed E-state index contributed by atoms with van der Waals surface area (Å²) in [7, 11) is 0. The first-order valence-electron chi connectivity index (χ1n) is 5.37. The number of rotatable bonds is 3. The van der Waals surface area contributed by atoms with Gasteiger partial charge in [0.2, 0.25) is 0 Å². The Morgan fingerprint density at radius 3 is 2.78 bits per heavy atom. The molecule has 2 rings (SSSR count). The first-order valence-corrected chi connectivity index (χ1v) is 6.98. The van der Waals surface area contributed by atoms with E-state index in [-0.39, 0.29) is 11.5 Å². The number of thiophene rings is 1. The molecule has 0 saturated carbocycles. The summed E-state index contributed by atoms with van der Waals surface area (Å²) in [6, 6.07) is 6.63. The molecule has 0 atom stereocenters. The van der Waals surface area contributed by atoms with Crippen molar-refractivity contribution in [3.8, 4) is 0 Å². The highest BCUT2D eigenvalue weighted by atomic mass is 79.9. The second kappa shape index (κ2) is 5.49. The summed E-state index contributed by atoms with van der Waals surface area (Å²) >= 11 is 4.68. The van der Waals surface area contributed by atoms with Gasteiger partial charge in [-0.15, -0.1) is 11.3 Å². The van der Waals surface area contributed by atoms with Crippen molar-refractivity contribution in [2.45, 2.75) is 13.5 Å². The molecule has 0 aliphatic heterocycles. The fourth-order valence-corrected chi connectivity index (χ4v) is 2.76. The van der Waals surface area contributed by atoms with Gasteiger partial charge in [0.25, 0.3) is 11.5 Å². The third kappa shape index (κ3) is 2.88. The van der Waals surface area contributed by atoms with Gasteiger partial charge in [0.05, 0.1) is 14.4 Å². The highest BCUT2D eigenvalue weighted by Crippen LogP contribution is 2.22. The maximum atomic E-state index is 11.9. The average Bonchev–Trinajstić information content (AvgIpc) is 2.78. The molecule has 0 unspecified atom stereocenters. The van der Waals surface area contributed by atoms with Crippen LogP contribution in [-0.4, -0.2) is 10.5 Å². The Morgan fingerprint density at radius 1 is 1.39 bits per heavy atom. The third-order valence-electron chi connectivity index (χ3n) is 2.38. The lowest BCUT2D eigenvalue weighted by Crippen LogP contribution is -2.19. The van der Waals surface area contributed by atoms with Crippen molar-refractivity contribution in [2.24, 2.45) is 0 Å². The van der Waals surface area contributed by atoms with Gasteiger partial charge in [0, 0.05) is 18.8 Å². The molecule has 2 heterocycles. The molecule has 0 fully saturated rings. The van der Waals surface area contributed by atoms with E-state index >= 15 is 0 Å². The molecule has 18 heavy (non-hydrogen) atoms.